The Morgan fingerprint density at radius 1 is 1.00 bits per heavy atom. The number of amides is 2. The third kappa shape index (κ3) is 4.10. The number of aromatic nitrogens is 3. The van der Waals surface area contributed by atoms with Gasteiger partial charge in [-0.15, -0.1) is 0 Å². The van der Waals surface area contributed by atoms with Crippen LogP contribution in [0.15, 0.2) is 85.8 Å². The number of fused-ring (bicyclic) bond motifs is 1. The Kier molecular flexibility index (Phi) is 5.34. The number of para-hydroxylation sites is 2. The van der Waals surface area contributed by atoms with Crippen molar-refractivity contribution in [1.29, 1.82) is 0 Å². The maximum Gasteiger partial charge on any atom is 0.255 e. The first-order valence-corrected chi connectivity index (χ1v) is 9.33. The van der Waals surface area contributed by atoms with Crippen LogP contribution in [0.2, 0.25) is 0 Å². The lowest BCUT2D eigenvalue weighted by Gasteiger charge is -2.08. The molecule has 2 heterocycles. The number of imidazole rings is 1. The van der Waals surface area contributed by atoms with Gasteiger partial charge in [0.1, 0.15) is 12.1 Å². The minimum atomic E-state index is -0.239. The van der Waals surface area contributed by atoms with Crippen LogP contribution in [-0.2, 0) is 11.3 Å². The zero-order valence-corrected chi connectivity index (χ0v) is 16.1. The van der Waals surface area contributed by atoms with Crippen LogP contribution in [0.25, 0.3) is 16.9 Å². The van der Waals surface area contributed by atoms with Crippen LogP contribution >= 0.6 is 0 Å². The van der Waals surface area contributed by atoms with Crippen molar-refractivity contribution in [2.75, 3.05) is 5.32 Å². The Bertz CT molecular complexity index is 1210. The van der Waals surface area contributed by atoms with Crippen LogP contribution in [0, 0.1) is 0 Å². The molecule has 0 saturated carbocycles. The number of nitrogens with one attached hydrogen (secondary N) is 2. The van der Waals surface area contributed by atoms with Crippen molar-refractivity contribution in [3.05, 3.63) is 97.0 Å². The van der Waals surface area contributed by atoms with Crippen molar-refractivity contribution >= 4 is 28.5 Å². The fraction of sp³-hybridized carbons (Fsp3) is 0.0435. The largest absolute Gasteiger partial charge is 0.348 e. The normalized spacial score (nSPS) is 10.5. The average molecular weight is 397 g/mol. The molecule has 0 saturated heterocycles. The summed E-state index contributed by atoms with van der Waals surface area (Å²) >= 11 is 0. The molecule has 2 N–H and O–H groups in total. The van der Waals surface area contributed by atoms with Gasteiger partial charge in [-0.1, -0.05) is 30.8 Å². The molecule has 0 spiro atoms. The third-order valence-corrected chi connectivity index (χ3v) is 4.57. The number of carbonyl (C=O) groups is 2. The van der Waals surface area contributed by atoms with Gasteiger partial charge in [0, 0.05) is 12.1 Å². The predicted octanol–water partition coefficient (Wildman–Crippen LogP) is 3.48. The minimum Gasteiger partial charge on any atom is -0.348 e. The molecule has 4 rings (SSSR count). The Hall–Kier alpha value is -4.26. The van der Waals surface area contributed by atoms with E-state index in [1.807, 2.05) is 34.9 Å². The molecule has 7 heteroatoms. The second-order valence-electron chi connectivity index (χ2n) is 6.58. The van der Waals surface area contributed by atoms with Gasteiger partial charge in [-0.25, -0.2) is 9.97 Å². The molecule has 0 atom stereocenters. The summed E-state index contributed by atoms with van der Waals surface area (Å²) in [5, 5.41) is 5.53. The Morgan fingerprint density at radius 3 is 2.53 bits per heavy atom. The van der Waals surface area contributed by atoms with E-state index in [0.29, 0.717) is 23.6 Å². The summed E-state index contributed by atoms with van der Waals surface area (Å²) < 4.78 is 1.89. The monoisotopic (exact) mass is 397 g/mol. The smallest absolute Gasteiger partial charge is 0.255 e. The first kappa shape index (κ1) is 19.1. The maximum atomic E-state index is 12.5. The zero-order valence-electron chi connectivity index (χ0n) is 16.1. The van der Waals surface area contributed by atoms with Crippen molar-refractivity contribution in [2.45, 2.75) is 6.54 Å². The van der Waals surface area contributed by atoms with Crippen molar-refractivity contribution in [3.63, 3.8) is 0 Å². The molecular formula is C23H19N5O2. The number of carbonyl (C=O) groups excluding carboxylic acids is 2. The summed E-state index contributed by atoms with van der Waals surface area (Å²) in [7, 11) is 0. The number of rotatable bonds is 6. The molecule has 148 valence electrons. The van der Waals surface area contributed by atoms with Gasteiger partial charge in [-0.3, -0.25) is 14.2 Å². The molecule has 4 aromatic rings. The molecular weight excluding hydrogens is 378 g/mol. The Morgan fingerprint density at radius 2 is 1.80 bits per heavy atom. The predicted molar refractivity (Wildman–Crippen MR) is 115 cm³/mol. The van der Waals surface area contributed by atoms with Crippen LogP contribution in [0.3, 0.4) is 0 Å². The third-order valence-electron chi connectivity index (χ3n) is 4.57. The minimum absolute atomic E-state index is 0.237. The highest BCUT2D eigenvalue weighted by molar-refractivity contribution is 6.04. The summed E-state index contributed by atoms with van der Waals surface area (Å²) in [6.45, 7) is 3.78. The number of benzene rings is 2. The fourth-order valence-corrected chi connectivity index (χ4v) is 2.98. The van der Waals surface area contributed by atoms with Crippen molar-refractivity contribution in [1.82, 2.24) is 19.9 Å². The van der Waals surface area contributed by atoms with Crippen molar-refractivity contribution in [2.24, 2.45) is 0 Å². The fourth-order valence-electron chi connectivity index (χ4n) is 2.98. The maximum absolute atomic E-state index is 12.5. The van der Waals surface area contributed by atoms with Crippen LogP contribution in [-0.4, -0.2) is 26.3 Å². The molecule has 0 aliphatic rings. The second-order valence-corrected chi connectivity index (χ2v) is 6.58. The van der Waals surface area contributed by atoms with Crippen molar-refractivity contribution < 1.29 is 9.59 Å². The summed E-state index contributed by atoms with van der Waals surface area (Å²) in [6.07, 6.45) is 4.56. The SMILES string of the molecule is C=CC(=O)NCc1ccc(C(=O)Nc2ccc(-n3cnc4ccccc43)nc2)cc1. The van der Waals surface area contributed by atoms with Crippen molar-refractivity contribution in [3.8, 4) is 5.82 Å². The lowest BCUT2D eigenvalue weighted by atomic mass is 10.1. The van der Waals surface area contributed by atoms with E-state index in [2.05, 4.69) is 27.2 Å². The van der Waals surface area contributed by atoms with Gasteiger partial charge in [0.25, 0.3) is 5.91 Å². The Labute approximate surface area is 173 Å². The lowest BCUT2D eigenvalue weighted by Crippen LogP contribution is -2.20. The van der Waals surface area contributed by atoms with E-state index in [0.717, 1.165) is 16.6 Å². The quantitative estimate of drug-likeness (QED) is 0.488. The molecule has 0 radical (unpaired) electrons. The summed E-state index contributed by atoms with van der Waals surface area (Å²) in [6, 6.07) is 18.5. The van der Waals surface area contributed by atoms with Gasteiger partial charge in [0.15, 0.2) is 0 Å². The standard InChI is InChI=1S/C23H19N5O2/c1-2-22(29)25-13-16-7-9-17(10-8-16)23(30)27-18-11-12-21(24-14-18)28-15-26-19-5-3-4-6-20(19)28/h2-12,14-15H,1,13H2,(H,25,29)(H,27,30). The van der Waals surface area contributed by atoms with Crippen LogP contribution in [0.1, 0.15) is 15.9 Å². The molecule has 0 aliphatic heterocycles. The summed E-state index contributed by atoms with van der Waals surface area (Å²) in [4.78, 5) is 32.5. The van der Waals surface area contributed by atoms with Gasteiger partial charge >= 0.3 is 0 Å². The van der Waals surface area contributed by atoms with Crippen LogP contribution < -0.4 is 10.6 Å². The van der Waals surface area contributed by atoms with Gasteiger partial charge in [0.05, 0.1) is 22.9 Å². The molecule has 0 aliphatic carbocycles. The number of pyridine rings is 1. The van der Waals surface area contributed by atoms with E-state index in [4.69, 9.17) is 0 Å². The van der Waals surface area contributed by atoms with Gasteiger partial charge < -0.3 is 10.6 Å². The van der Waals surface area contributed by atoms with E-state index in [1.165, 1.54) is 6.08 Å². The van der Waals surface area contributed by atoms with Crippen LogP contribution in [0.5, 0.6) is 0 Å². The van der Waals surface area contributed by atoms with E-state index in [9.17, 15) is 9.59 Å². The van der Waals surface area contributed by atoms with E-state index >= 15 is 0 Å². The highest BCUT2D eigenvalue weighted by Gasteiger charge is 2.08. The Balaban J connectivity index is 1.42. The van der Waals surface area contributed by atoms with Gasteiger partial charge in [0.2, 0.25) is 5.91 Å². The molecule has 2 aromatic carbocycles. The van der Waals surface area contributed by atoms with E-state index in [1.54, 1.807) is 42.9 Å². The second kappa shape index (κ2) is 8.40. The molecule has 0 unspecified atom stereocenters. The lowest BCUT2D eigenvalue weighted by molar-refractivity contribution is -0.116. The van der Waals surface area contributed by atoms with E-state index < -0.39 is 0 Å². The number of nitrogens with zero attached hydrogens (tertiary/aromatic N) is 3. The highest BCUT2D eigenvalue weighted by Crippen LogP contribution is 2.18. The van der Waals surface area contributed by atoms with Crippen LogP contribution in [0.4, 0.5) is 5.69 Å². The molecule has 0 bridgehead atoms. The highest BCUT2D eigenvalue weighted by atomic mass is 16.2. The first-order chi connectivity index (χ1) is 14.6. The molecule has 2 aromatic heterocycles. The summed E-state index contributed by atoms with van der Waals surface area (Å²) in [5.41, 5.74) is 3.85. The number of hydrogen-bond donors (Lipinski definition) is 2. The van der Waals surface area contributed by atoms with Gasteiger partial charge in [-0.2, -0.15) is 0 Å². The molecule has 7 nitrogen and oxygen atoms in total. The average Bonchev–Trinajstić information content (AvgIpc) is 3.22. The van der Waals surface area contributed by atoms with E-state index in [-0.39, 0.29) is 11.8 Å². The first-order valence-electron chi connectivity index (χ1n) is 9.33. The topological polar surface area (TPSA) is 88.9 Å². The summed E-state index contributed by atoms with van der Waals surface area (Å²) in [5.74, 6) is 0.239. The zero-order chi connectivity index (χ0) is 20.9. The molecule has 30 heavy (non-hydrogen) atoms. The number of hydrogen-bond acceptors (Lipinski definition) is 4. The van der Waals surface area contributed by atoms with Gasteiger partial charge in [-0.05, 0) is 48.0 Å². The molecule has 0 fully saturated rings. The number of anilines is 1. The molecule has 2 amide bonds.